The molecule has 0 saturated heterocycles. The molecule has 5 rings (SSSR count). The van der Waals surface area contributed by atoms with E-state index in [2.05, 4.69) is 15.6 Å². The van der Waals surface area contributed by atoms with Crippen molar-refractivity contribution in [2.24, 2.45) is 0 Å². The molecule has 0 unspecified atom stereocenters. The van der Waals surface area contributed by atoms with E-state index in [9.17, 15) is 9.59 Å². The van der Waals surface area contributed by atoms with Crippen LogP contribution in [0.15, 0.2) is 82.7 Å². The van der Waals surface area contributed by atoms with Gasteiger partial charge in [-0.3, -0.25) is 14.9 Å². The van der Waals surface area contributed by atoms with Crippen molar-refractivity contribution in [2.45, 2.75) is 20.4 Å². The van der Waals surface area contributed by atoms with Crippen molar-refractivity contribution in [2.75, 3.05) is 5.32 Å². The molecule has 0 aliphatic heterocycles. The quantitative estimate of drug-likeness (QED) is 0.311. The maximum absolute atomic E-state index is 13.4. The maximum Gasteiger partial charge on any atom is 0.261 e. The summed E-state index contributed by atoms with van der Waals surface area (Å²) in [5.74, 6) is 0.742. The summed E-state index contributed by atoms with van der Waals surface area (Å²) in [6.07, 6.45) is 1.73. The molecule has 3 aromatic heterocycles. The van der Waals surface area contributed by atoms with Crippen molar-refractivity contribution in [1.82, 2.24) is 20.1 Å². The Morgan fingerprint density at radius 3 is 2.56 bits per heavy atom. The second-order valence-corrected chi connectivity index (χ2v) is 9.06. The predicted octanol–water partition coefficient (Wildman–Crippen LogP) is 5.45. The van der Waals surface area contributed by atoms with Gasteiger partial charge in [0.25, 0.3) is 5.91 Å². The average molecular weight is 498 g/mol. The highest BCUT2D eigenvalue weighted by Crippen LogP contribution is 2.29. The van der Waals surface area contributed by atoms with Crippen LogP contribution in [0.5, 0.6) is 0 Å². The van der Waals surface area contributed by atoms with Crippen LogP contribution in [0.25, 0.3) is 28.4 Å². The largest absolute Gasteiger partial charge is 0.458 e. The van der Waals surface area contributed by atoms with Crippen LogP contribution in [-0.4, -0.2) is 26.6 Å². The van der Waals surface area contributed by atoms with E-state index < -0.39 is 0 Å². The number of amides is 2. The minimum atomic E-state index is -0.306. The Morgan fingerprint density at radius 2 is 1.81 bits per heavy atom. The summed E-state index contributed by atoms with van der Waals surface area (Å²) < 4.78 is 7.47. The lowest BCUT2D eigenvalue weighted by molar-refractivity contribution is -0.119. The molecule has 9 heteroatoms. The second-order valence-electron chi connectivity index (χ2n) is 8.21. The number of carbonyl (C=O) groups is 2. The first-order valence-corrected chi connectivity index (χ1v) is 12.2. The average Bonchev–Trinajstić information content (AvgIpc) is 3.63. The minimum absolute atomic E-state index is 0.132. The van der Waals surface area contributed by atoms with Crippen LogP contribution in [0.3, 0.4) is 0 Å². The van der Waals surface area contributed by atoms with Gasteiger partial charge in [0.05, 0.1) is 17.8 Å². The maximum atomic E-state index is 13.4. The molecule has 0 bridgehead atoms. The second kappa shape index (κ2) is 10.0. The van der Waals surface area contributed by atoms with Crippen molar-refractivity contribution >= 4 is 28.3 Å². The third kappa shape index (κ3) is 5.11. The van der Waals surface area contributed by atoms with E-state index >= 15 is 0 Å². The molecule has 36 heavy (non-hydrogen) atoms. The summed E-state index contributed by atoms with van der Waals surface area (Å²) in [4.78, 5) is 29.0. The van der Waals surface area contributed by atoms with Gasteiger partial charge in [-0.15, -0.1) is 11.3 Å². The van der Waals surface area contributed by atoms with Crippen molar-refractivity contribution in [3.8, 4) is 28.4 Å². The fraction of sp³-hybridized carbons (Fsp3) is 0.111. The summed E-state index contributed by atoms with van der Waals surface area (Å²) in [5.41, 5.74) is 4.46. The van der Waals surface area contributed by atoms with E-state index in [-0.39, 0.29) is 11.8 Å². The summed E-state index contributed by atoms with van der Waals surface area (Å²) in [6.45, 7) is 3.77. The number of rotatable bonds is 7. The van der Waals surface area contributed by atoms with Gasteiger partial charge in [-0.2, -0.15) is 5.10 Å². The fourth-order valence-electron chi connectivity index (χ4n) is 3.61. The zero-order chi connectivity index (χ0) is 25.1. The molecule has 3 heterocycles. The van der Waals surface area contributed by atoms with Crippen LogP contribution in [0.2, 0.25) is 0 Å². The fourth-order valence-corrected chi connectivity index (χ4v) is 4.30. The van der Waals surface area contributed by atoms with Crippen molar-refractivity contribution in [1.29, 1.82) is 0 Å². The highest BCUT2D eigenvalue weighted by Gasteiger charge is 2.20. The molecule has 0 aliphatic rings. The van der Waals surface area contributed by atoms with Gasteiger partial charge in [0, 0.05) is 24.1 Å². The number of nitrogens with one attached hydrogen (secondary N) is 2. The van der Waals surface area contributed by atoms with E-state index in [0.29, 0.717) is 40.1 Å². The molecule has 0 saturated carbocycles. The Labute approximate surface area is 211 Å². The number of nitrogens with zero attached hydrogens (tertiary/aromatic N) is 3. The van der Waals surface area contributed by atoms with Crippen molar-refractivity contribution in [3.63, 3.8) is 0 Å². The van der Waals surface area contributed by atoms with Gasteiger partial charge < -0.3 is 9.73 Å². The third-order valence-corrected chi connectivity index (χ3v) is 6.21. The Morgan fingerprint density at radius 1 is 1.03 bits per heavy atom. The molecule has 0 spiro atoms. The van der Waals surface area contributed by atoms with Crippen LogP contribution in [0.1, 0.15) is 28.6 Å². The number of aryl methyl sites for hydroxylation is 1. The molecule has 2 N–H and O–H groups in total. The molecule has 0 aliphatic carbocycles. The number of thiazole rings is 1. The Bertz CT molecular complexity index is 1520. The molecular weight excluding hydrogens is 474 g/mol. The highest BCUT2D eigenvalue weighted by molar-refractivity contribution is 7.14. The smallest absolute Gasteiger partial charge is 0.261 e. The normalized spacial score (nSPS) is 10.8. The molecule has 180 valence electrons. The monoisotopic (exact) mass is 497 g/mol. The van der Waals surface area contributed by atoms with Crippen molar-refractivity contribution < 1.29 is 14.0 Å². The van der Waals surface area contributed by atoms with Gasteiger partial charge in [0.15, 0.2) is 10.9 Å². The van der Waals surface area contributed by atoms with Gasteiger partial charge in [-0.1, -0.05) is 48.0 Å². The molecule has 5 aromatic rings. The van der Waals surface area contributed by atoms with E-state index in [0.717, 1.165) is 16.8 Å². The summed E-state index contributed by atoms with van der Waals surface area (Å²) in [5, 5.41) is 12.6. The van der Waals surface area contributed by atoms with Gasteiger partial charge in [0.2, 0.25) is 5.91 Å². The van der Waals surface area contributed by atoms with Crippen molar-refractivity contribution in [3.05, 3.63) is 95.2 Å². The Balaban J connectivity index is 1.40. The number of furan rings is 1. The van der Waals surface area contributed by atoms with Gasteiger partial charge >= 0.3 is 0 Å². The summed E-state index contributed by atoms with van der Waals surface area (Å²) in [7, 11) is 0. The zero-order valence-electron chi connectivity index (χ0n) is 19.7. The SMILES string of the molecule is CC(=O)NCc1ccc(-c2csc(NC(=O)c3cn(-c4ccccc4)nc3-c3ccc(C)cc3)n2)o1. The molecule has 0 fully saturated rings. The highest BCUT2D eigenvalue weighted by atomic mass is 32.1. The van der Waals surface area contributed by atoms with Gasteiger partial charge in [-0.25, -0.2) is 9.67 Å². The summed E-state index contributed by atoms with van der Waals surface area (Å²) in [6, 6.07) is 21.1. The van der Waals surface area contributed by atoms with Crippen LogP contribution >= 0.6 is 11.3 Å². The first-order valence-electron chi connectivity index (χ1n) is 11.3. The van der Waals surface area contributed by atoms with Crippen LogP contribution in [-0.2, 0) is 11.3 Å². The number of hydrogen-bond acceptors (Lipinski definition) is 6. The number of benzene rings is 2. The van der Waals surface area contributed by atoms with Crippen LogP contribution in [0.4, 0.5) is 5.13 Å². The number of anilines is 1. The zero-order valence-corrected chi connectivity index (χ0v) is 20.5. The standard InChI is InChI=1S/C27H23N5O3S/c1-17-8-10-19(11-9-17)25-22(15-32(31-25)20-6-4-3-5-7-20)26(34)30-27-29-23(16-36-27)24-13-12-21(35-24)14-28-18(2)33/h3-13,15-16H,14H2,1-2H3,(H,28,33)(H,29,30,34). The van der Waals surface area contributed by atoms with E-state index in [1.165, 1.54) is 18.3 Å². The number of aromatic nitrogens is 3. The summed E-state index contributed by atoms with van der Waals surface area (Å²) >= 11 is 1.30. The molecule has 8 nitrogen and oxygen atoms in total. The first-order chi connectivity index (χ1) is 17.5. The van der Waals surface area contributed by atoms with Gasteiger partial charge in [-0.05, 0) is 31.2 Å². The molecule has 2 amide bonds. The van der Waals surface area contributed by atoms with E-state index in [4.69, 9.17) is 9.52 Å². The minimum Gasteiger partial charge on any atom is -0.458 e. The van der Waals surface area contributed by atoms with Crippen LogP contribution < -0.4 is 10.6 Å². The first kappa shape index (κ1) is 23.3. The lowest BCUT2D eigenvalue weighted by Gasteiger charge is -2.03. The predicted molar refractivity (Wildman–Crippen MR) is 139 cm³/mol. The Hall–Kier alpha value is -4.50. The third-order valence-electron chi connectivity index (χ3n) is 5.45. The lowest BCUT2D eigenvalue weighted by Crippen LogP contribution is -2.18. The number of hydrogen-bond donors (Lipinski definition) is 2. The lowest BCUT2D eigenvalue weighted by atomic mass is 10.1. The van der Waals surface area contributed by atoms with Gasteiger partial charge in [0.1, 0.15) is 17.1 Å². The topological polar surface area (TPSA) is 102 Å². The molecular formula is C27H23N5O3S. The number of carbonyl (C=O) groups excluding carboxylic acids is 2. The number of para-hydroxylation sites is 1. The molecule has 2 aromatic carbocycles. The molecule has 0 atom stereocenters. The van der Waals surface area contributed by atoms with E-state index in [1.807, 2.05) is 66.9 Å². The van der Waals surface area contributed by atoms with Crippen LogP contribution in [0, 0.1) is 6.92 Å². The molecule has 0 radical (unpaired) electrons. The Kier molecular flexibility index (Phi) is 6.46. The van der Waals surface area contributed by atoms with E-state index in [1.54, 1.807) is 23.0 Å².